The van der Waals surface area contributed by atoms with Crippen molar-refractivity contribution in [1.82, 2.24) is 14.5 Å². The largest absolute Gasteiger partial charge is 0.486 e. The Hall–Kier alpha value is -3.80. The molecule has 0 saturated carbocycles. The van der Waals surface area contributed by atoms with Crippen molar-refractivity contribution >= 4 is 16.9 Å². The number of rotatable bonds is 6. The zero-order chi connectivity index (χ0) is 21.9. The number of aromatic nitrogens is 2. The number of carbonyl (C=O) groups excluding carboxylic acids is 1. The van der Waals surface area contributed by atoms with Crippen LogP contribution in [0.3, 0.4) is 0 Å². The van der Waals surface area contributed by atoms with Crippen LogP contribution in [-0.2, 0) is 17.8 Å². The number of fused-ring (bicyclic) bond motifs is 2. The number of amides is 1. The fourth-order valence-electron chi connectivity index (χ4n) is 4.07. The molecule has 4 aromatic rings. The number of hydrogen-bond donors (Lipinski definition) is 0. The van der Waals surface area contributed by atoms with E-state index in [4.69, 9.17) is 14.5 Å². The van der Waals surface area contributed by atoms with E-state index in [1.807, 2.05) is 61.6 Å². The maximum Gasteiger partial charge on any atom is 0.223 e. The van der Waals surface area contributed by atoms with Gasteiger partial charge in [-0.15, -0.1) is 0 Å². The molecule has 1 amide bonds. The molecule has 0 fully saturated rings. The fourth-order valence-corrected chi connectivity index (χ4v) is 4.07. The van der Waals surface area contributed by atoms with Crippen molar-refractivity contribution in [2.45, 2.75) is 19.4 Å². The van der Waals surface area contributed by atoms with Crippen LogP contribution in [-0.4, -0.2) is 40.6 Å². The standard InChI is InChI=1S/C26H25N3O3/c1-28(18-19-11-12-23-24(17-19)32-16-15-31-23)26(30)14-13-25-27-21-9-5-6-10-22(21)29(25)20-7-3-2-4-8-20/h2-12,17H,13-16,18H2,1H3. The number of ether oxygens (including phenoxy) is 2. The van der Waals surface area contributed by atoms with E-state index in [1.165, 1.54) is 0 Å². The highest BCUT2D eigenvalue weighted by atomic mass is 16.6. The maximum atomic E-state index is 12.9. The van der Waals surface area contributed by atoms with E-state index in [1.54, 1.807) is 4.90 Å². The molecule has 32 heavy (non-hydrogen) atoms. The first-order valence-corrected chi connectivity index (χ1v) is 10.8. The van der Waals surface area contributed by atoms with Gasteiger partial charge in [-0.3, -0.25) is 9.36 Å². The quantitative estimate of drug-likeness (QED) is 0.458. The van der Waals surface area contributed by atoms with Crippen molar-refractivity contribution in [3.8, 4) is 17.2 Å². The Bertz CT molecular complexity index is 1250. The van der Waals surface area contributed by atoms with Gasteiger partial charge in [-0.1, -0.05) is 36.4 Å². The number of nitrogens with zero attached hydrogens (tertiary/aromatic N) is 3. The molecule has 1 aliphatic rings. The highest BCUT2D eigenvalue weighted by molar-refractivity contribution is 5.79. The lowest BCUT2D eigenvalue weighted by Crippen LogP contribution is -2.26. The van der Waals surface area contributed by atoms with Crippen LogP contribution in [0.4, 0.5) is 0 Å². The van der Waals surface area contributed by atoms with E-state index >= 15 is 0 Å². The smallest absolute Gasteiger partial charge is 0.223 e. The summed E-state index contributed by atoms with van der Waals surface area (Å²) in [6.45, 7) is 1.64. The van der Waals surface area contributed by atoms with Gasteiger partial charge in [0, 0.05) is 32.1 Å². The van der Waals surface area contributed by atoms with E-state index in [2.05, 4.69) is 22.8 Å². The molecule has 162 valence electrons. The Kier molecular flexibility index (Phi) is 5.50. The zero-order valence-electron chi connectivity index (χ0n) is 18.0. The van der Waals surface area contributed by atoms with Gasteiger partial charge >= 0.3 is 0 Å². The van der Waals surface area contributed by atoms with E-state index in [-0.39, 0.29) is 5.91 Å². The van der Waals surface area contributed by atoms with E-state index in [9.17, 15) is 4.79 Å². The summed E-state index contributed by atoms with van der Waals surface area (Å²) in [6, 6.07) is 24.1. The Morgan fingerprint density at radius 2 is 1.72 bits per heavy atom. The minimum atomic E-state index is 0.0755. The first-order chi connectivity index (χ1) is 15.7. The number of aryl methyl sites for hydroxylation is 1. The van der Waals surface area contributed by atoms with Gasteiger partial charge in [-0.25, -0.2) is 4.98 Å². The summed E-state index contributed by atoms with van der Waals surface area (Å²) < 4.78 is 13.4. The van der Waals surface area contributed by atoms with Crippen molar-refractivity contribution in [3.05, 3.63) is 84.2 Å². The van der Waals surface area contributed by atoms with Crippen LogP contribution in [0.2, 0.25) is 0 Å². The molecule has 0 saturated heterocycles. The second-order valence-electron chi connectivity index (χ2n) is 7.92. The lowest BCUT2D eigenvalue weighted by atomic mass is 10.1. The molecular formula is C26H25N3O3. The molecule has 0 atom stereocenters. The number of hydrogen-bond acceptors (Lipinski definition) is 4. The molecule has 5 rings (SSSR count). The molecule has 1 aliphatic heterocycles. The molecule has 0 bridgehead atoms. The van der Waals surface area contributed by atoms with Crippen LogP contribution < -0.4 is 9.47 Å². The molecule has 0 N–H and O–H groups in total. The minimum absolute atomic E-state index is 0.0755. The van der Waals surface area contributed by atoms with Crippen molar-refractivity contribution in [3.63, 3.8) is 0 Å². The highest BCUT2D eigenvalue weighted by Gasteiger charge is 2.17. The number of benzene rings is 3. The number of imidazole rings is 1. The highest BCUT2D eigenvalue weighted by Crippen LogP contribution is 2.31. The first-order valence-electron chi connectivity index (χ1n) is 10.8. The predicted octanol–water partition coefficient (Wildman–Crippen LogP) is 4.39. The molecule has 0 spiro atoms. The third kappa shape index (κ3) is 4.04. The van der Waals surface area contributed by atoms with Crippen LogP contribution in [0.15, 0.2) is 72.8 Å². The minimum Gasteiger partial charge on any atom is -0.486 e. The van der Waals surface area contributed by atoms with Crippen LogP contribution in [0, 0.1) is 0 Å². The van der Waals surface area contributed by atoms with Gasteiger partial charge in [0.25, 0.3) is 0 Å². The molecule has 0 aliphatic carbocycles. The Morgan fingerprint density at radius 3 is 2.56 bits per heavy atom. The van der Waals surface area contributed by atoms with Crippen LogP contribution in [0.1, 0.15) is 17.8 Å². The van der Waals surface area contributed by atoms with Gasteiger partial charge in [-0.2, -0.15) is 0 Å². The van der Waals surface area contributed by atoms with Gasteiger partial charge in [0.2, 0.25) is 5.91 Å². The molecule has 0 radical (unpaired) electrons. The molecule has 3 aromatic carbocycles. The summed E-state index contributed by atoms with van der Waals surface area (Å²) >= 11 is 0. The average Bonchev–Trinajstić information content (AvgIpc) is 3.21. The number of para-hydroxylation sites is 3. The summed E-state index contributed by atoms with van der Waals surface area (Å²) in [7, 11) is 1.83. The summed E-state index contributed by atoms with van der Waals surface area (Å²) in [6.07, 6.45) is 0.949. The lowest BCUT2D eigenvalue weighted by Gasteiger charge is -2.21. The van der Waals surface area contributed by atoms with Crippen LogP contribution in [0.25, 0.3) is 16.7 Å². The summed E-state index contributed by atoms with van der Waals surface area (Å²) in [5.41, 5.74) is 4.05. The molecule has 2 heterocycles. The maximum absolute atomic E-state index is 12.9. The zero-order valence-corrected chi connectivity index (χ0v) is 18.0. The van der Waals surface area contributed by atoms with Gasteiger partial charge in [-0.05, 0) is 42.0 Å². The van der Waals surface area contributed by atoms with E-state index < -0.39 is 0 Å². The third-order valence-corrected chi connectivity index (χ3v) is 5.66. The van der Waals surface area contributed by atoms with Crippen molar-refractivity contribution < 1.29 is 14.3 Å². The Balaban J connectivity index is 1.31. The summed E-state index contributed by atoms with van der Waals surface area (Å²) in [4.78, 5) is 19.5. The molecule has 6 heteroatoms. The van der Waals surface area contributed by atoms with Crippen molar-refractivity contribution in [1.29, 1.82) is 0 Å². The second kappa shape index (κ2) is 8.75. The average molecular weight is 428 g/mol. The predicted molar refractivity (Wildman–Crippen MR) is 123 cm³/mol. The van der Waals surface area contributed by atoms with Gasteiger partial charge in [0.05, 0.1) is 11.0 Å². The lowest BCUT2D eigenvalue weighted by molar-refractivity contribution is -0.130. The summed E-state index contributed by atoms with van der Waals surface area (Å²) in [5, 5.41) is 0. The topological polar surface area (TPSA) is 56.6 Å². The van der Waals surface area contributed by atoms with Crippen molar-refractivity contribution in [2.24, 2.45) is 0 Å². The van der Waals surface area contributed by atoms with Crippen LogP contribution >= 0.6 is 0 Å². The van der Waals surface area contributed by atoms with Crippen LogP contribution in [0.5, 0.6) is 11.5 Å². The van der Waals surface area contributed by atoms with Gasteiger partial charge in [0.15, 0.2) is 11.5 Å². The van der Waals surface area contributed by atoms with Crippen molar-refractivity contribution in [2.75, 3.05) is 20.3 Å². The van der Waals surface area contributed by atoms with E-state index in [0.717, 1.165) is 39.6 Å². The van der Waals surface area contributed by atoms with E-state index in [0.29, 0.717) is 32.6 Å². The molecular weight excluding hydrogens is 402 g/mol. The Labute approximate surface area is 187 Å². The second-order valence-corrected chi connectivity index (χ2v) is 7.92. The molecule has 0 unspecified atom stereocenters. The molecule has 6 nitrogen and oxygen atoms in total. The number of carbonyl (C=O) groups is 1. The van der Waals surface area contributed by atoms with Gasteiger partial charge in [0.1, 0.15) is 19.0 Å². The fraction of sp³-hybridized carbons (Fsp3) is 0.231. The Morgan fingerprint density at radius 1 is 0.969 bits per heavy atom. The summed E-state index contributed by atoms with van der Waals surface area (Å²) in [5.74, 6) is 2.46. The normalized spacial score (nSPS) is 12.7. The first kappa shape index (κ1) is 20.1. The monoisotopic (exact) mass is 427 g/mol. The van der Waals surface area contributed by atoms with Gasteiger partial charge < -0.3 is 14.4 Å². The third-order valence-electron chi connectivity index (χ3n) is 5.66. The SMILES string of the molecule is CN(Cc1ccc2c(c1)OCCO2)C(=O)CCc1nc2ccccc2n1-c1ccccc1. The molecule has 1 aromatic heterocycles.